The molecule has 0 saturated carbocycles. The van der Waals surface area contributed by atoms with Crippen LogP contribution < -0.4 is 5.56 Å². The van der Waals surface area contributed by atoms with E-state index in [1.807, 2.05) is 0 Å². The Hall–Kier alpha value is -1.85. The molecule has 0 bridgehead atoms. The van der Waals surface area contributed by atoms with Gasteiger partial charge in [-0.2, -0.15) is 13.7 Å². The van der Waals surface area contributed by atoms with E-state index < -0.39 is 32.0 Å². The Balaban J connectivity index is 3.87. The maximum atomic E-state index is 11.1. The van der Waals surface area contributed by atoms with Crippen LogP contribution in [0.2, 0.25) is 0 Å². The van der Waals surface area contributed by atoms with Gasteiger partial charge in [0.2, 0.25) is 5.88 Å². The molecule has 0 saturated heterocycles. The van der Waals surface area contributed by atoms with E-state index in [2.05, 4.69) is 0 Å². The van der Waals surface area contributed by atoms with Gasteiger partial charge in [-0.15, -0.1) is 0 Å². The van der Waals surface area contributed by atoms with Gasteiger partial charge in [0.25, 0.3) is 15.7 Å². The SMILES string of the molecule is Cc1c(S(=O)(=O)O)c(O)[nH]c(=O)c1C#N. The topological polar surface area (TPSA) is 131 Å². The summed E-state index contributed by atoms with van der Waals surface area (Å²) in [5.41, 5.74) is -1.68. The fourth-order valence-electron chi connectivity index (χ4n) is 1.14. The first kappa shape index (κ1) is 11.2. The summed E-state index contributed by atoms with van der Waals surface area (Å²) in [6.07, 6.45) is 0. The monoisotopic (exact) mass is 230 g/mol. The molecule has 0 unspecified atom stereocenters. The number of aromatic amines is 1. The summed E-state index contributed by atoms with van der Waals surface area (Å²) < 4.78 is 30.4. The largest absolute Gasteiger partial charge is 0.494 e. The van der Waals surface area contributed by atoms with Crippen LogP contribution in [0.15, 0.2) is 9.69 Å². The minimum Gasteiger partial charge on any atom is -0.494 e. The molecule has 0 spiro atoms. The van der Waals surface area contributed by atoms with Crippen LogP contribution in [0.25, 0.3) is 0 Å². The molecule has 7 nitrogen and oxygen atoms in total. The van der Waals surface area contributed by atoms with Crippen LogP contribution in [-0.4, -0.2) is 23.1 Å². The first-order chi connectivity index (χ1) is 6.79. The van der Waals surface area contributed by atoms with Crippen molar-refractivity contribution in [2.75, 3.05) is 0 Å². The average molecular weight is 230 g/mol. The van der Waals surface area contributed by atoms with Crippen molar-refractivity contribution in [1.29, 1.82) is 5.26 Å². The van der Waals surface area contributed by atoms with Gasteiger partial charge in [-0.1, -0.05) is 0 Å². The standard InChI is InChI=1S/C7H6N2O5S/c1-3-4(2-8)6(10)9-7(11)5(3)15(12,13)14/h1H3,(H2,9,10,11)(H,12,13,14). The maximum Gasteiger partial charge on any atom is 0.300 e. The van der Waals surface area contributed by atoms with Gasteiger partial charge in [-0.05, 0) is 12.5 Å². The number of nitriles is 1. The molecule has 0 aliphatic heterocycles. The summed E-state index contributed by atoms with van der Waals surface area (Å²) in [7, 11) is -4.68. The highest BCUT2D eigenvalue weighted by Crippen LogP contribution is 2.23. The fraction of sp³-hybridized carbons (Fsp3) is 0.143. The summed E-state index contributed by atoms with van der Waals surface area (Å²) in [4.78, 5) is 11.9. The first-order valence-corrected chi connectivity index (χ1v) is 5.06. The third kappa shape index (κ3) is 1.83. The fourth-order valence-corrected chi connectivity index (χ4v) is 1.92. The van der Waals surface area contributed by atoms with Crippen molar-refractivity contribution in [2.45, 2.75) is 11.8 Å². The number of hydrogen-bond donors (Lipinski definition) is 3. The Morgan fingerprint density at radius 1 is 1.47 bits per heavy atom. The minimum absolute atomic E-state index is 0.291. The Labute approximate surface area is 84.4 Å². The number of hydrogen-bond acceptors (Lipinski definition) is 5. The van der Waals surface area contributed by atoms with Gasteiger partial charge in [0, 0.05) is 0 Å². The minimum atomic E-state index is -4.68. The van der Waals surface area contributed by atoms with E-state index in [0.29, 0.717) is 0 Å². The number of rotatable bonds is 1. The molecule has 15 heavy (non-hydrogen) atoms. The highest BCUT2D eigenvalue weighted by Gasteiger charge is 2.23. The molecule has 0 radical (unpaired) electrons. The van der Waals surface area contributed by atoms with Crippen molar-refractivity contribution < 1.29 is 18.1 Å². The molecule has 8 heteroatoms. The summed E-state index contributed by atoms with van der Waals surface area (Å²) in [5, 5.41) is 17.7. The van der Waals surface area contributed by atoms with Gasteiger partial charge >= 0.3 is 0 Å². The molecule has 0 atom stereocenters. The average Bonchev–Trinajstić information content (AvgIpc) is 2.00. The van der Waals surface area contributed by atoms with Gasteiger partial charge < -0.3 is 5.11 Å². The lowest BCUT2D eigenvalue weighted by Crippen LogP contribution is -2.16. The van der Waals surface area contributed by atoms with Crippen molar-refractivity contribution in [3.05, 3.63) is 21.5 Å². The lowest BCUT2D eigenvalue weighted by molar-refractivity contribution is 0.422. The van der Waals surface area contributed by atoms with Crippen LogP contribution in [0.5, 0.6) is 5.88 Å². The van der Waals surface area contributed by atoms with Crippen molar-refractivity contribution in [3.8, 4) is 11.9 Å². The van der Waals surface area contributed by atoms with E-state index >= 15 is 0 Å². The molecular weight excluding hydrogens is 224 g/mol. The van der Waals surface area contributed by atoms with Crippen LogP contribution in [0.4, 0.5) is 0 Å². The molecular formula is C7H6N2O5S. The van der Waals surface area contributed by atoms with Crippen molar-refractivity contribution in [2.24, 2.45) is 0 Å². The number of H-pyrrole nitrogens is 1. The van der Waals surface area contributed by atoms with Crippen molar-refractivity contribution in [3.63, 3.8) is 0 Å². The number of aromatic hydroxyl groups is 1. The van der Waals surface area contributed by atoms with Gasteiger partial charge in [0.1, 0.15) is 11.6 Å². The van der Waals surface area contributed by atoms with E-state index in [0.717, 1.165) is 6.92 Å². The van der Waals surface area contributed by atoms with Crippen molar-refractivity contribution >= 4 is 10.1 Å². The zero-order valence-electron chi connectivity index (χ0n) is 7.47. The molecule has 1 rings (SSSR count). The van der Waals surface area contributed by atoms with Crippen molar-refractivity contribution in [1.82, 2.24) is 4.98 Å². The van der Waals surface area contributed by atoms with Gasteiger partial charge in [0.05, 0.1) is 0 Å². The molecule has 0 fully saturated rings. The third-order valence-corrected chi connectivity index (χ3v) is 2.77. The summed E-state index contributed by atoms with van der Waals surface area (Å²) in [6, 6.07) is 1.47. The van der Waals surface area contributed by atoms with Gasteiger partial charge in [-0.25, -0.2) is 0 Å². The summed E-state index contributed by atoms with van der Waals surface area (Å²) in [5.74, 6) is -0.987. The van der Waals surface area contributed by atoms with Crippen LogP contribution in [-0.2, 0) is 10.1 Å². The second-order valence-electron chi connectivity index (χ2n) is 2.72. The number of nitrogens with one attached hydrogen (secondary N) is 1. The molecule has 1 aromatic heterocycles. The highest BCUT2D eigenvalue weighted by atomic mass is 32.2. The molecule has 0 aliphatic carbocycles. The second-order valence-corrected chi connectivity index (χ2v) is 4.08. The molecule has 1 heterocycles. The summed E-state index contributed by atoms with van der Waals surface area (Å²) in [6.45, 7) is 1.14. The van der Waals surface area contributed by atoms with E-state index in [1.54, 1.807) is 4.98 Å². The number of pyridine rings is 1. The van der Waals surface area contributed by atoms with Crippen LogP contribution >= 0.6 is 0 Å². The smallest absolute Gasteiger partial charge is 0.300 e. The second kappa shape index (κ2) is 3.38. The van der Waals surface area contributed by atoms with E-state index in [1.165, 1.54) is 6.07 Å². The lowest BCUT2D eigenvalue weighted by atomic mass is 10.2. The molecule has 80 valence electrons. The molecule has 0 amide bonds. The van der Waals surface area contributed by atoms with E-state index in [9.17, 15) is 13.2 Å². The van der Waals surface area contributed by atoms with Crippen LogP contribution in [0, 0.1) is 18.3 Å². The first-order valence-electron chi connectivity index (χ1n) is 3.62. The zero-order chi connectivity index (χ0) is 11.8. The van der Waals surface area contributed by atoms with E-state index in [4.69, 9.17) is 14.9 Å². The number of aromatic nitrogens is 1. The molecule has 3 N–H and O–H groups in total. The quantitative estimate of drug-likeness (QED) is 0.557. The maximum absolute atomic E-state index is 11.1. The normalized spacial score (nSPS) is 11.0. The molecule has 1 aromatic rings. The molecule has 0 aromatic carbocycles. The number of nitrogens with zero attached hydrogens (tertiary/aromatic N) is 1. The Morgan fingerprint density at radius 3 is 2.40 bits per heavy atom. The third-order valence-electron chi connectivity index (χ3n) is 1.76. The lowest BCUT2D eigenvalue weighted by Gasteiger charge is -2.05. The predicted octanol–water partition coefficient (Wildman–Crippen LogP) is -0.493. The van der Waals surface area contributed by atoms with Gasteiger partial charge in [-0.3, -0.25) is 14.3 Å². The van der Waals surface area contributed by atoms with Crippen LogP contribution in [0.1, 0.15) is 11.1 Å². The Morgan fingerprint density at radius 2 is 2.00 bits per heavy atom. The molecule has 0 aliphatic rings. The van der Waals surface area contributed by atoms with E-state index in [-0.39, 0.29) is 5.56 Å². The summed E-state index contributed by atoms with van der Waals surface area (Å²) >= 11 is 0. The Kier molecular flexibility index (Phi) is 2.53. The Bertz CT molecular complexity index is 607. The highest BCUT2D eigenvalue weighted by molar-refractivity contribution is 7.86. The zero-order valence-corrected chi connectivity index (χ0v) is 8.29. The van der Waals surface area contributed by atoms with Crippen LogP contribution in [0.3, 0.4) is 0 Å². The predicted molar refractivity (Wildman–Crippen MR) is 48.0 cm³/mol. The van der Waals surface area contributed by atoms with Gasteiger partial charge in [0.15, 0.2) is 4.90 Å².